The van der Waals surface area contributed by atoms with E-state index in [1.54, 1.807) is 0 Å². The Kier molecular flexibility index (Phi) is 4.65. The van der Waals surface area contributed by atoms with E-state index < -0.39 is 0 Å². The Hall–Kier alpha value is -0.0800. The summed E-state index contributed by atoms with van der Waals surface area (Å²) in [6, 6.07) is 0.272. The highest BCUT2D eigenvalue weighted by atomic mass is 14.6. The zero-order valence-corrected chi connectivity index (χ0v) is 7.30. The molecule has 0 fully saturated rings. The summed E-state index contributed by atoms with van der Waals surface area (Å²) in [6.45, 7) is 7.14. The standard InChI is InChI=1S/C8H20N2/c1-4-8(5-9)6(2)7(3)10/h6-8H,4-5,9-10H2,1-3H3. The minimum Gasteiger partial charge on any atom is -0.330 e. The van der Waals surface area contributed by atoms with Gasteiger partial charge in [-0.2, -0.15) is 0 Å². The molecule has 0 rings (SSSR count). The molecule has 0 aromatic carbocycles. The number of hydrogen-bond acceptors (Lipinski definition) is 2. The van der Waals surface area contributed by atoms with Crippen molar-refractivity contribution in [1.29, 1.82) is 0 Å². The molecule has 0 radical (unpaired) electrons. The van der Waals surface area contributed by atoms with E-state index in [9.17, 15) is 0 Å². The van der Waals surface area contributed by atoms with E-state index >= 15 is 0 Å². The highest BCUT2D eigenvalue weighted by Crippen LogP contribution is 2.16. The van der Waals surface area contributed by atoms with Gasteiger partial charge in [0.25, 0.3) is 0 Å². The molecule has 3 unspecified atom stereocenters. The highest BCUT2D eigenvalue weighted by molar-refractivity contribution is 4.72. The second-order valence-corrected chi connectivity index (χ2v) is 3.12. The van der Waals surface area contributed by atoms with Crippen molar-refractivity contribution in [3.8, 4) is 0 Å². The predicted molar refractivity (Wildman–Crippen MR) is 45.6 cm³/mol. The quantitative estimate of drug-likeness (QED) is 0.617. The van der Waals surface area contributed by atoms with Gasteiger partial charge in [0.1, 0.15) is 0 Å². The molecule has 3 atom stereocenters. The van der Waals surface area contributed by atoms with Gasteiger partial charge in [0.2, 0.25) is 0 Å². The maximum Gasteiger partial charge on any atom is 0.00392 e. The molecular formula is C8H20N2. The van der Waals surface area contributed by atoms with Crippen molar-refractivity contribution in [3.63, 3.8) is 0 Å². The van der Waals surface area contributed by atoms with Crippen molar-refractivity contribution in [3.05, 3.63) is 0 Å². The molecule has 0 bridgehead atoms. The number of nitrogens with two attached hydrogens (primary N) is 2. The number of rotatable bonds is 4. The Bertz CT molecular complexity index is 77.3. The molecule has 0 aliphatic carbocycles. The van der Waals surface area contributed by atoms with Gasteiger partial charge < -0.3 is 11.5 Å². The van der Waals surface area contributed by atoms with Crippen molar-refractivity contribution in [1.82, 2.24) is 0 Å². The van der Waals surface area contributed by atoms with Crippen LogP contribution in [0.1, 0.15) is 27.2 Å². The van der Waals surface area contributed by atoms with Crippen molar-refractivity contribution < 1.29 is 0 Å². The lowest BCUT2D eigenvalue weighted by molar-refractivity contribution is 0.313. The van der Waals surface area contributed by atoms with E-state index in [2.05, 4.69) is 13.8 Å². The van der Waals surface area contributed by atoms with Gasteiger partial charge >= 0.3 is 0 Å². The summed E-state index contributed by atoms with van der Waals surface area (Å²) >= 11 is 0. The second-order valence-electron chi connectivity index (χ2n) is 3.12. The third kappa shape index (κ3) is 2.67. The first-order valence-corrected chi connectivity index (χ1v) is 4.09. The Labute approximate surface area is 64.0 Å². The molecule has 0 aliphatic heterocycles. The van der Waals surface area contributed by atoms with E-state index in [1.807, 2.05) is 6.92 Å². The Morgan fingerprint density at radius 2 is 1.80 bits per heavy atom. The lowest BCUT2D eigenvalue weighted by Gasteiger charge is -2.24. The van der Waals surface area contributed by atoms with Crippen LogP contribution in [0.3, 0.4) is 0 Å². The molecule has 10 heavy (non-hydrogen) atoms. The molecule has 0 aromatic rings. The first-order chi connectivity index (χ1) is 4.63. The third-order valence-corrected chi connectivity index (χ3v) is 2.40. The van der Waals surface area contributed by atoms with Crippen LogP contribution in [0.25, 0.3) is 0 Å². The Balaban J connectivity index is 3.76. The summed E-state index contributed by atoms with van der Waals surface area (Å²) < 4.78 is 0. The molecular weight excluding hydrogens is 124 g/mol. The zero-order valence-electron chi connectivity index (χ0n) is 7.30. The van der Waals surface area contributed by atoms with Crippen molar-refractivity contribution in [2.75, 3.05) is 6.54 Å². The molecule has 0 amide bonds. The van der Waals surface area contributed by atoms with Crippen LogP contribution < -0.4 is 11.5 Å². The van der Waals surface area contributed by atoms with E-state index in [0.717, 1.165) is 13.0 Å². The molecule has 0 aliphatic rings. The highest BCUT2D eigenvalue weighted by Gasteiger charge is 2.16. The van der Waals surface area contributed by atoms with Crippen LogP contribution in [0.4, 0.5) is 0 Å². The van der Waals surface area contributed by atoms with Crippen LogP contribution in [0.5, 0.6) is 0 Å². The fourth-order valence-electron chi connectivity index (χ4n) is 1.18. The largest absolute Gasteiger partial charge is 0.330 e. The molecule has 0 spiro atoms. The maximum atomic E-state index is 5.73. The van der Waals surface area contributed by atoms with Crippen molar-refractivity contribution >= 4 is 0 Å². The number of hydrogen-bond donors (Lipinski definition) is 2. The van der Waals surface area contributed by atoms with Gasteiger partial charge in [-0.1, -0.05) is 20.3 Å². The van der Waals surface area contributed by atoms with E-state index in [4.69, 9.17) is 11.5 Å². The van der Waals surface area contributed by atoms with Gasteiger partial charge in [-0.25, -0.2) is 0 Å². The van der Waals surface area contributed by atoms with Crippen molar-refractivity contribution in [2.45, 2.75) is 33.2 Å². The zero-order chi connectivity index (χ0) is 8.15. The van der Waals surface area contributed by atoms with Gasteiger partial charge in [0.05, 0.1) is 0 Å². The van der Waals surface area contributed by atoms with Crippen molar-refractivity contribution in [2.24, 2.45) is 23.3 Å². The van der Waals surface area contributed by atoms with Crippen LogP contribution in [0.2, 0.25) is 0 Å². The van der Waals surface area contributed by atoms with Crippen LogP contribution in [-0.4, -0.2) is 12.6 Å². The fraction of sp³-hybridized carbons (Fsp3) is 1.00. The summed E-state index contributed by atoms with van der Waals surface area (Å²) in [5, 5.41) is 0. The smallest absolute Gasteiger partial charge is 0.00392 e. The summed E-state index contributed by atoms with van der Waals surface area (Å²) in [5.74, 6) is 1.15. The molecule has 0 saturated heterocycles. The Morgan fingerprint density at radius 3 is 1.90 bits per heavy atom. The molecule has 62 valence electrons. The first-order valence-electron chi connectivity index (χ1n) is 4.09. The van der Waals surface area contributed by atoms with Gasteiger partial charge in [0.15, 0.2) is 0 Å². The van der Waals surface area contributed by atoms with E-state index in [-0.39, 0.29) is 6.04 Å². The van der Waals surface area contributed by atoms with Gasteiger partial charge in [-0.3, -0.25) is 0 Å². The van der Waals surface area contributed by atoms with Gasteiger partial charge in [-0.05, 0) is 25.3 Å². The fourth-order valence-corrected chi connectivity index (χ4v) is 1.18. The summed E-state index contributed by atoms with van der Waals surface area (Å²) in [5.41, 5.74) is 11.3. The molecule has 4 N–H and O–H groups in total. The molecule has 0 heterocycles. The Morgan fingerprint density at radius 1 is 1.30 bits per heavy atom. The monoisotopic (exact) mass is 144 g/mol. The van der Waals surface area contributed by atoms with E-state index in [1.165, 1.54) is 0 Å². The first kappa shape index (κ1) is 9.92. The van der Waals surface area contributed by atoms with E-state index in [0.29, 0.717) is 11.8 Å². The minimum absolute atomic E-state index is 0.272. The predicted octanol–water partition coefficient (Wildman–Crippen LogP) is 0.955. The average Bonchev–Trinajstić information content (AvgIpc) is 1.90. The average molecular weight is 144 g/mol. The summed E-state index contributed by atoms with van der Waals surface area (Å²) in [4.78, 5) is 0. The van der Waals surface area contributed by atoms with Gasteiger partial charge in [-0.15, -0.1) is 0 Å². The lowest BCUT2D eigenvalue weighted by Crippen LogP contribution is -2.33. The normalized spacial score (nSPS) is 20.1. The second kappa shape index (κ2) is 4.69. The summed E-state index contributed by atoms with van der Waals surface area (Å²) in [7, 11) is 0. The SMILES string of the molecule is CCC(CN)C(C)C(C)N. The van der Waals surface area contributed by atoms with Crippen LogP contribution >= 0.6 is 0 Å². The summed E-state index contributed by atoms with van der Waals surface area (Å²) in [6.07, 6.45) is 1.14. The molecule has 0 saturated carbocycles. The molecule has 2 nitrogen and oxygen atoms in total. The lowest BCUT2D eigenvalue weighted by atomic mass is 9.87. The maximum absolute atomic E-state index is 5.73. The third-order valence-electron chi connectivity index (χ3n) is 2.40. The molecule has 2 heteroatoms. The molecule has 0 aromatic heterocycles. The minimum atomic E-state index is 0.272. The van der Waals surface area contributed by atoms with Crippen LogP contribution in [-0.2, 0) is 0 Å². The topological polar surface area (TPSA) is 52.0 Å². The van der Waals surface area contributed by atoms with Crippen LogP contribution in [0.15, 0.2) is 0 Å². The van der Waals surface area contributed by atoms with Gasteiger partial charge in [0, 0.05) is 6.04 Å². The van der Waals surface area contributed by atoms with Crippen LogP contribution in [0, 0.1) is 11.8 Å².